The van der Waals surface area contributed by atoms with E-state index < -0.39 is 0 Å². The molecule has 0 unspecified atom stereocenters. The van der Waals surface area contributed by atoms with E-state index in [1.54, 1.807) is 0 Å². The zero-order valence-electron chi connectivity index (χ0n) is 28.8. The molecule has 0 saturated carbocycles. The van der Waals surface area contributed by atoms with E-state index >= 15 is 0 Å². The van der Waals surface area contributed by atoms with Gasteiger partial charge in [-0.15, -0.1) is 0 Å². The standard InChI is InChI=1S/C47H42N2/c1-7-42-45-28-26-41(49(37-21-17-33(5)18-22-37)39-16-12-13-34(6)29-39)31-47(45)43(8-2)44-27-25-40(30-46(42)44)48(36-14-10-9-11-15-36)38-23-19-35(20-24-38)32(3)4/h7-32H,1-2H2,3-6H3. The number of para-hydroxylation sites is 1. The Hall–Kier alpha value is -5.86. The first-order valence-corrected chi connectivity index (χ1v) is 17.0. The van der Waals surface area contributed by atoms with Gasteiger partial charge in [-0.3, -0.25) is 0 Å². The molecule has 2 heteroatoms. The summed E-state index contributed by atoms with van der Waals surface area (Å²) in [5, 5.41) is 4.60. The van der Waals surface area contributed by atoms with Gasteiger partial charge in [0.1, 0.15) is 0 Å². The molecule has 0 radical (unpaired) electrons. The van der Waals surface area contributed by atoms with E-state index in [-0.39, 0.29) is 0 Å². The third-order valence-corrected chi connectivity index (χ3v) is 9.48. The topological polar surface area (TPSA) is 6.48 Å². The molecule has 0 atom stereocenters. The van der Waals surface area contributed by atoms with Crippen molar-refractivity contribution in [2.24, 2.45) is 0 Å². The molecule has 0 amide bonds. The third kappa shape index (κ3) is 6.03. The summed E-state index contributed by atoms with van der Waals surface area (Å²) in [4.78, 5) is 4.67. The van der Waals surface area contributed by atoms with E-state index in [2.05, 4.69) is 190 Å². The fourth-order valence-electron chi connectivity index (χ4n) is 6.93. The summed E-state index contributed by atoms with van der Waals surface area (Å²) in [6.07, 6.45) is 4.01. The molecule has 0 aliphatic carbocycles. The Balaban J connectivity index is 1.43. The number of anilines is 6. The zero-order valence-corrected chi connectivity index (χ0v) is 28.8. The quantitative estimate of drug-likeness (QED) is 0.146. The van der Waals surface area contributed by atoms with Crippen molar-refractivity contribution < 1.29 is 0 Å². The summed E-state index contributed by atoms with van der Waals surface area (Å²) in [5.74, 6) is 0.474. The van der Waals surface area contributed by atoms with E-state index in [4.69, 9.17) is 0 Å². The molecule has 0 N–H and O–H groups in total. The largest absolute Gasteiger partial charge is 0.310 e. The van der Waals surface area contributed by atoms with Crippen LogP contribution in [0.5, 0.6) is 0 Å². The Bertz CT molecular complexity index is 2300. The number of rotatable bonds is 9. The molecule has 0 heterocycles. The first kappa shape index (κ1) is 31.7. The molecule has 7 aromatic rings. The first-order valence-electron chi connectivity index (χ1n) is 17.0. The Kier molecular flexibility index (Phi) is 8.63. The molecule has 0 aromatic heterocycles. The number of hydrogen-bond donors (Lipinski definition) is 0. The van der Waals surface area contributed by atoms with Crippen LogP contribution in [0.1, 0.15) is 47.6 Å². The second-order valence-corrected chi connectivity index (χ2v) is 13.1. The van der Waals surface area contributed by atoms with Crippen LogP contribution >= 0.6 is 0 Å². The number of hydrogen-bond acceptors (Lipinski definition) is 2. The van der Waals surface area contributed by atoms with E-state index in [1.807, 2.05) is 12.2 Å². The van der Waals surface area contributed by atoms with Gasteiger partial charge in [0.15, 0.2) is 0 Å². The predicted octanol–water partition coefficient (Wildman–Crippen LogP) is 14.0. The highest BCUT2D eigenvalue weighted by atomic mass is 15.1. The molecule has 0 aliphatic heterocycles. The van der Waals surface area contributed by atoms with Crippen LogP contribution in [0, 0.1) is 13.8 Å². The average Bonchev–Trinajstić information content (AvgIpc) is 3.12. The van der Waals surface area contributed by atoms with Gasteiger partial charge in [-0.05, 0) is 136 Å². The molecule has 49 heavy (non-hydrogen) atoms. The maximum Gasteiger partial charge on any atom is 0.0468 e. The van der Waals surface area contributed by atoms with Crippen molar-refractivity contribution in [1.29, 1.82) is 0 Å². The van der Waals surface area contributed by atoms with Crippen LogP contribution in [-0.4, -0.2) is 0 Å². The van der Waals surface area contributed by atoms with Crippen molar-refractivity contribution in [3.63, 3.8) is 0 Å². The van der Waals surface area contributed by atoms with E-state index in [0.717, 1.165) is 66.8 Å². The molecule has 0 spiro atoms. The van der Waals surface area contributed by atoms with E-state index in [9.17, 15) is 0 Å². The lowest BCUT2D eigenvalue weighted by Gasteiger charge is -2.28. The van der Waals surface area contributed by atoms with Crippen molar-refractivity contribution in [2.75, 3.05) is 9.80 Å². The van der Waals surface area contributed by atoms with Gasteiger partial charge in [0.25, 0.3) is 0 Å². The highest BCUT2D eigenvalue weighted by Crippen LogP contribution is 2.43. The second kappa shape index (κ2) is 13.3. The van der Waals surface area contributed by atoms with Gasteiger partial charge in [0, 0.05) is 34.1 Å². The molecule has 240 valence electrons. The molecule has 0 saturated heterocycles. The van der Waals surface area contributed by atoms with Gasteiger partial charge in [-0.25, -0.2) is 0 Å². The van der Waals surface area contributed by atoms with Crippen LogP contribution in [0.4, 0.5) is 34.1 Å². The van der Waals surface area contributed by atoms with Crippen molar-refractivity contribution in [2.45, 2.75) is 33.6 Å². The molecule has 7 rings (SSSR count). The Morgan fingerprint density at radius 3 is 1.39 bits per heavy atom. The van der Waals surface area contributed by atoms with Crippen molar-refractivity contribution >= 4 is 67.8 Å². The van der Waals surface area contributed by atoms with Gasteiger partial charge in [0.05, 0.1) is 0 Å². The van der Waals surface area contributed by atoms with E-state index in [1.165, 1.54) is 16.7 Å². The maximum absolute atomic E-state index is 4.32. The summed E-state index contributed by atoms with van der Waals surface area (Å²) in [5.41, 5.74) is 12.7. The van der Waals surface area contributed by atoms with Crippen molar-refractivity contribution in [3.8, 4) is 0 Å². The summed E-state index contributed by atoms with van der Waals surface area (Å²) < 4.78 is 0. The minimum absolute atomic E-state index is 0.474. The third-order valence-electron chi connectivity index (χ3n) is 9.48. The fraction of sp³-hybridized carbons (Fsp3) is 0.106. The molecular formula is C47H42N2. The van der Waals surface area contributed by atoms with Crippen molar-refractivity contribution in [1.82, 2.24) is 0 Å². The molecule has 0 fully saturated rings. The minimum atomic E-state index is 0.474. The van der Waals surface area contributed by atoms with Gasteiger partial charge in [-0.2, -0.15) is 0 Å². The average molecular weight is 635 g/mol. The van der Waals surface area contributed by atoms with Crippen LogP contribution < -0.4 is 9.80 Å². The number of benzene rings is 7. The molecular weight excluding hydrogens is 593 g/mol. The molecule has 2 nitrogen and oxygen atoms in total. The predicted molar refractivity (Wildman–Crippen MR) is 215 cm³/mol. The highest BCUT2D eigenvalue weighted by Gasteiger charge is 2.19. The monoisotopic (exact) mass is 634 g/mol. The van der Waals surface area contributed by atoms with E-state index in [0.29, 0.717) is 5.92 Å². The lowest BCUT2D eigenvalue weighted by Crippen LogP contribution is -2.10. The highest BCUT2D eigenvalue weighted by molar-refractivity contribution is 6.14. The lowest BCUT2D eigenvalue weighted by molar-refractivity contribution is 0.866. The van der Waals surface area contributed by atoms with Crippen LogP contribution in [0.25, 0.3) is 33.7 Å². The number of aryl methyl sites for hydroxylation is 2. The van der Waals surface area contributed by atoms with Crippen molar-refractivity contribution in [3.05, 3.63) is 181 Å². The molecule has 0 bridgehead atoms. The second-order valence-electron chi connectivity index (χ2n) is 13.1. The summed E-state index contributed by atoms with van der Waals surface area (Å²) in [7, 11) is 0. The zero-order chi connectivity index (χ0) is 34.1. The summed E-state index contributed by atoms with van der Waals surface area (Å²) in [6.45, 7) is 17.4. The SMILES string of the molecule is C=Cc1c2ccc(N(c3ccc(C)cc3)c3cccc(C)c3)cc2c(C=C)c2ccc(N(c3ccccc3)c3ccc(C(C)C)cc3)cc12. The summed E-state index contributed by atoms with van der Waals surface area (Å²) in [6, 6.07) is 50.5. The minimum Gasteiger partial charge on any atom is -0.310 e. The number of nitrogens with zero attached hydrogens (tertiary/aromatic N) is 2. The Morgan fingerprint density at radius 2 is 0.878 bits per heavy atom. The number of fused-ring (bicyclic) bond motifs is 2. The lowest BCUT2D eigenvalue weighted by atomic mass is 9.90. The van der Waals surface area contributed by atoms with Gasteiger partial charge in [-0.1, -0.05) is 111 Å². The van der Waals surface area contributed by atoms with Gasteiger partial charge < -0.3 is 9.80 Å². The van der Waals surface area contributed by atoms with Gasteiger partial charge in [0.2, 0.25) is 0 Å². The first-order chi connectivity index (χ1) is 23.9. The normalized spacial score (nSPS) is 11.2. The van der Waals surface area contributed by atoms with Crippen LogP contribution in [0.2, 0.25) is 0 Å². The molecule has 0 aliphatic rings. The van der Waals surface area contributed by atoms with Crippen LogP contribution in [-0.2, 0) is 0 Å². The Labute approximate surface area is 290 Å². The smallest absolute Gasteiger partial charge is 0.0468 e. The van der Waals surface area contributed by atoms with Crippen LogP contribution in [0.3, 0.4) is 0 Å². The maximum atomic E-state index is 4.32. The fourth-order valence-corrected chi connectivity index (χ4v) is 6.93. The van der Waals surface area contributed by atoms with Gasteiger partial charge >= 0.3 is 0 Å². The molecule has 7 aromatic carbocycles. The Morgan fingerprint density at radius 1 is 0.429 bits per heavy atom. The summed E-state index contributed by atoms with van der Waals surface area (Å²) >= 11 is 0. The van der Waals surface area contributed by atoms with Crippen LogP contribution in [0.15, 0.2) is 153 Å².